The summed E-state index contributed by atoms with van der Waals surface area (Å²) in [6.07, 6.45) is 3.74. The van der Waals surface area contributed by atoms with Crippen LogP contribution in [-0.2, 0) is 0 Å². The molecule has 1 aromatic rings. The third-order valence-corrected chi connectivity index (χ3v) is 3.87. The van der Waals surface area contributed by atoms with E-state index in [2.05, 4.69) is 38.3 Å². The molecule has 18 heavy (non-hydrogen) atoms. The minimum absolute atomic E-state index is 0.532. The number of nitrogens with zero attached hydrogens (tertiary/aromatic N) is 2. The van der Waals surface area contributed by atoms with Crippen LogP contribution >= 0.6 is 15.9 Å². The summed E-state index contributed by atoms with van der Waals surface area (Å²) in [7, 11) is 1.99. The van der Waals surface area contributed by atoms with Crippen LogP contribution in [0.25, 0.3) is 0 Å². The van der Waals surface area contributed by atoms with Gasteiger partial charge in [0.1, 0.15) is 0 Å². The molecule has 0 saturated carbocycles. The molecule has 0 bridgehead atoms. The lowest BCUT2D eigenvalue weighted by molar-refractivity contribution is 0.446. The first-order chi connectivity index (χ1) is 8.74. The van der Waals surface area contributed by atoms with Gasteiger partial charge in [-0.05, 0) is 44.5 Å². The zero-order valence-corrected chi connectivity index (χ0v) is 12.2. The van der Waals surface area contributed by atoms with E-state index in [9.17, 15) is 0 Å². The molecule has 1 heterocycles. The quantitative estimate of drug-likeness (QED) is 0.933. The van der Waals surface area contributed by atoms with Gasteiger partial charge in [-0.1, -0.05) is 15.9 Å². The molecule has 1 N–H and O–H groups in total. The number of hydrogen-bond donors (Lipinski definition) is 1. The molecule has 1 aromatic carbocycles. The Morgan fingerprint density at radius 2 is 2.28 bits per heavy atom. The summed E-state index contributed by atoms with van der Waals surface area (Å²) in [6, 6.07) is 8.71. The highest BCUT2D eigenvalue weighted by Gasteiger charge is 2.22. The zero-order chi connectivity index (χ0) is 13.0. The van der Waals surface area contributed by atoms with Crippen LogP contribution < -0.4 is 10.2 Å². The molecule has 0 aliphatic carbocycles. The first-order valence-corrected chi connectivity index (χ1v) is 7.16. The van der Waals surface area contributed by atoms with E-state index < -0.39 is 0 Å². The van der Waals surface area contributed by atoms with E-state index in [1.807, 2.05) is 19.2 Å². The van der Waals surface area contributed by atoms with Crippen LogP contribution in [-0.4, -0.2) is 26.2 Å². The Labute approximate surface area is 117 Å². The van der Waals surface area contributed by atoms with Crippen LogP contribution in [0.2, 0.25) is 0 Å². The van der Waals surface area contributed by atoms with Crippen molar-refractivity contribution in [1.29, 1.82) is 5.26 Å². The summed E-state index contributed by atoms with van der Waals surface area (Å²) in [5, 5.41) is 12.3. The Hall–Kier alpha value is -1.05. The smallest absolute Gasteiger partial charge is 0.0992 e. The average Bonchev–Trinajstić information content (AvgIpc) is 2.39. The molecule has 1 atom stereocenters. The number of hydrogen-bond acceptors (Lipinski definition) is 3. The molecule has 0 aromatic heterocycles. The number of anilines is 1. The van der Waals surface area contributed by atoms with Gasteiger partial charge in [0.15, 0.2) is 0 Å². The van der Waals surface area contributed by atoms with Crippen LogP contribution in [0.4, 0.5) is 5.69 Å². The van der Waals surface area contributed by atoms with Gasteiger partial charge in [-0.3, -0.25) is 0 Å². The Morgan fingerprint density at radius 1 is 1.44 bits per heavy atom. The lowest BCUT2D eigenvalue weighted by atomic mass is 10.0. The third kappa shape index (κ3) is 3.04. The number of piperidine rings is 1. The summed E-state index contributed by atoms with van der Waals surface area (Å²) in [4.78, 5) is 2.42. The zero-order valence-electron chi connectivity index (χ0n) is 10.6. The van der Waals surface area contributed by atoms with Gasteiger partial charge >= 0.3 is 0 Å². The van der Waals surface area contributed by atoms with E-state index in [0.717, 1.165) is 23.2 Å². The average molecular weight is 308 g/mol. The van der Waals surface area contributed by atoms with Gasteiger partial charge in [0.2, 0.25) is 0 Å². The monoisotopic (exact) mass is 307 g/mol. The second kappa shape index (κ2) is 6.21. The second-order valence-corrected chi connectivity index (χ2v) is 5.63. The van der Waals surface area contributed by atoms with E-state index in [1.165, 1.54) is 19.3 Å². The first kappa shape index (κ1) is 13.4. The van der Waals surface area contributed by atoms with Crippen molar-refractivity contribution in [2.45, 2.75) is 25.3 Å². The summed E-state index contributed by atoms with van der Waals surface area (Å²) >= 11 is 3.49. The highest BCUT2D eigenvalue weighted by atomic mass is 79.9. The van der Waals surface area contributed by atoms with Crippen molar-refractivity contribution >= 4 is 21.6 Å². The van der Waals surface area contributed by atoms with Gasteiger partial charge in [0.25, 0.3) is 0 Å². The lowest BCUT2D eigenvalue weighted by Crippen LogP contribution is -2.45. The minimum Gasteiger partial charge on any atom is -0.367 e. The number of nitriles is 1. The largest absolute Gasteiger partial charge is 0.367 e. The van der Waals surface area contributed by atoms with Gasteiger partial charge in [-0.2, -0.15) is 5.26 Å². The first-order valence-electron chi connectivity index (χ1n) is 6.36. The van der Waals surface area contributed by atoms with Crippen molar-refractivity contribution in [2.24, 2.45) is 0 Å². The predicted octanol–water partition coefficient (Wildman–Crippen LogP) is 2.90. The van der Waals surface area contributed by atoms with Crippen LogP contribution in [0.5, 0.6) is 0 Å². The number of likely N-dealkylation sites (N-methyl/N-ethyl adjacent to an activating group) is 1. The van der Waals surface area contributed by atoms with Crippen LogP contribution in [0.3, 0.4) is 0 Å². The molecule has 1 aliphatic rings. The maximum Gasteiger partial charge on any atom is 0.0992 e. The fraction of sp³-hybridized carbons (Fsp3) is 0.500. The maximum absolute atomic E-state index is 9.05. The van der Waals surface area contributed by atoms with E-state index in [-0.39, 0.29) is 0 Å². The van der Waals surface area contributed by atoms with Crippen LogP contribution in [0, 0.1) is 11.3 Å². The Balaban J connectivity index is 2.27. The molecule has 1 fully saturated rings. The number of benzene rings is 1. The lowest BCUT2D eigenvalue weighted by Gasteiger charge is -2.37. The SMILES string of the molecule is CNCC1CCCCN1c1cc(Br)cc(C#N)c1. The molecule has 0 radical (unpaired) electrons. The highest BCUT2D eigenvalue weighted by molar-refractivity contribution is 9.10. The predicted molar refractivity (Wildman–Crippen MR) is 77.8 cm³/mol. The fourth-order valence-corrected chi connectivity index (χ4v) is 3.07. The van der Waals surface area contributed by atoms with Gasteiger partial charge in [0, 0.05) is 29.3 Å². The summed E-state index contributed by atoms with van der Waals surface area (Å²) in [5.74, 6) is 0. The number of rotatable bonds is 3. The standard InChI is InChI=1S/C14H18BrN3/c1-17-10-13-4-2-3-5-18(13)14-7-11(9-16)6-12(15)8-14/h6-8,13,17H,2-5,10H2,1H3. The molecule has 96 valence electrons. The normalized spacial score (nSPS) is 19.6. The molecule has 3 nitrogen and oxygen atoms in total. The molecule has 0 amide bonds. The highest BCUT2D eigenvalue weighted by Crippen LogP contribution is 2.28. The summed E-state index contributed by atoms with van der Waals surface area (Å²) < 4.78 is 0.977. The number of nitrogens with one attached hydrogen (secondary N) is 1. The van der Waals surface area contributed by atoms with E-state index in [0.29, 0.717) is 11.6 Å². The van der Waals surface area contributed by atoms with Gasteiger partial charge in [0.05, 0.1) is 11.6 Å². The van der Waals surface area contributed by atoms with Crippen molar-refractivity contribution in [1.82, 2.24) is 5.32 Å². The molecule has 1 aliphatic heterocycles. The Morgan fingerprint density at radius 3 is 3.00 bits per heavy atom. The van der Waals surface area contributed by atoms with Crippen molar-refractivity contribution in [3.8, 4) is 6.07 Å². The van der Waals surface area contributed by atoms with Crippen molar-refractivity contribution < 1.29 is 0 Å². The van der Waals surface area contributed by atoms with Crippen molar-refractivity contribution in [3.63, 3.8) is 0 Å². The molecular weight excluding hydrogens is 290 g/mol. The molecule has 0 spiro atoms. The van der Waals surface area contributed by atoms with Crippen LogP contribution in [0.15, 0.2) is 22.7 Å². The molecule has 2 rings (SSSR count). The van der Waals surface area contributed by atoms with Crippen molar-refractivity contribution in [3.05, 3.63) is 28.2 Å². The topological polar surface area (TPSA) is 39.1 Å². The number of halogens is 1. The second-order valence-electron chi connectivity index (χ2n) is 4.71. The molecule has 4 heteroatoms. The summed E-state index contributed by atoms with van der Waals surface area (Å²) in [6.45, 7) is 2.07. The minimum atomic E-state index is 0.532. The maximum atomic E-state index is 9.05. The van der Waals surface area contributed by atoms with Gasteiger partial charge < -0.3 is 10.2 Å². The Bertz CT molecular complexity index is 451. The van der Waals surface area contributed by atoms with Crippen LogP contribution in [0.1, 0.15) is 24.8 Å². The van der Waals surface area contributed by atoms with Crippen molar-refractivity contribution in [2.75, 3.05) is 25.0 Å². The Kier molecular flexibility index (Phi) is 4.62. The van der Waals surface area contributed by atoms with Gasteiger partial charge in [-0.15, -0.1) is 0 Å². The van der Waals surface area contributed by atoms with E-state index >= 15 is 0 Å². The third-order valence-electron chi connectivity index (χ3n) is 3.41. The molecule has 1 unspecified atom stereocenters. The van der Waals surface area contributed by atoms with Gasteiger partial charge in [-0.25, -0.2) is 0 Å². The fourth-order valence-electron chi connectivity index (χ4n) is 2.59. The van der Waals surface area contributed by atoms with E-state index in [1.54, 1.807) is 0 Å². The molecule has 1 saturated heterocycles. The summed E-state index contributed by atoms with van der Waals surface area (Å²) in [5.41, 5.74) is 1.87. The molecular formula is C14H18BrN3. The van der Waals surface area contributed by atoms with E-state index in [4.69, 9.17) is 5.26 Å².